The zero-order chi connectivity index (χ0) is 13.7. The Bertz CT molecular complexity index is 535. The summed E-state index contributed by atoms with van der Waals surface area (Å²) in [5, 5.41) is 9.25. The lowest BCUT2D eigenvalue weighted by molar-refractivity contribution is 0.300. The molecule has 0 unspecified atom stereocenters. The standard InChI is InChI=1S/C16H19NO2/c1-12-3-2-4-14(9-10-17)16(12)19-11-13-5-7-15(18)8-6-13/h2-8,18H,9-11,17H2,1H3. The first kappa shape index (κ1) is 13.4. The van der Waals surface area contributed by atoms with Crippen molar-refractivity contribution in [2.24, 2.45) is 5.73 Å². The Morgan fingerprint density at radius 1 is 1.11 bits per heavy atom. The number of para-hydroxylation sites is 1. The lowest BCUT2D eigenvalue weighted by atomic mass is 10.1. The van der Waals surface area contributed by atoms with Gasteiger partial charge in [0.15, 0.2) is 0 Å². The molecule has 2 aromatic rings. The second kappa shape index (κ2) is 6.25. The highest BCUT2D eigenvalue weighted by Crippen LogP contribution is 2.25. The molecule has 0 spiro atoms. The van der Waals surface area contributed by atoms with Crippen LogP contribution in [0.2, 0.25) is 0 Å². The van der Waals surface area contributed by atoms with Gasteiger partial charge in [-0.15, -0.1) is 0 Å². The van der Waals surface area contributed by atoms with E-state index in [4.69, 9.17) is 10.5 Å². The Labute approximate surface area is 113 Å². The molecule has 0 aromatic heterocycles. The molecule has 0 amide bonds. The van der Waals surface area contributed by atoms with Gasteiger partial charge in [0.25, 0.3) is 0 Å². The Morgan fingerprint density at radius 3 is 2.53 bits per heavy atom. The van der Waals surface area contributed by atoms with Gasteiger partial charge in [-0.25, -0.2) is 0 Å². The van der Waals surface area contributed by atoms with Gasteiger partial charge < -0.3 is 15.6 Å². The van der Waals surface area contributed by atoms with Crippen LogP contribution in [-0.4, -0.2) is 11.7 Å². The van der Waals surface area contributed by atoms with E-state index < -0.39 is 0 Å². The van der Waals surface area contributed by atoms with E-state index >= 15 is 0 Å². The number of hydrogen-bond acceptors (Lipinski definition) is 3. The molecule has 0 saturated heterocycles. The van der Waals surface area contributed by atoms with Crippen molar-refractivity contribution in [1.29, 1.82) is 0 Å². The van der Waals surface area contributed by atoms with Crippen LogP contribution in [0.15, 0.2) is 42.5 Å². The molecule has 0 radical (unpaired) electrons. The van der Waals surface area contributed by atoms with Crippen LogP contribution in [0.3, 0.4) is 0 Å². The number of nitrogens with two attached hydrogens (primary N) is 1. The van der Waals surface area contributed by atoms with Crippen molar-refractivity contribution in [3.05, 3.63) is 59.2 Å². The van der Waals surface area contributed by atoms with E-state index in [0.29, 0.717) is 13.2 Å². The number of ether oxygens (including phenoxy) is 1. The fraction of sp³-hybridized carbons (Fsp3) is 0.250. The SMILES string of the molecule is Cc1cccc(CCN)c1OCc1ccc(O)cc1. The fourth-order valence-electron chi connectivity index (χ4n) is 2.02. The van der Waals surface area contributed by atoms with Crippen molar-refractivity contribution in [1.82, 2.24) is 0 Å². The third-order valence-corrected chi connectivity index (χ3v) is 3.03. The molecule has 0 aliphatic heterocycles. The first-order chi connectivity index (χ1) is 9.20. The van der Waals surface area contributed by atoms with E-state index in [1.54, 1.807) is 12.1 Å². The molecule has 3 nitrogen and oxygen atoms in total. The molecule has 2 aromatic carbocycles. The van der Waals surface area contributed by atoms with Crippen molar-refractivity contribution in [3.63, 3.8) is 0 Å². The van der Waals surface area contributed by atoms with E-state index in [9.17, 15) is 5.11 Å². The average molecular weight is 257 g/mol. The highest BCUT2D eigenvalue weighted by Gasteiger charge is 2.06. The van der Waals surface area contributed by atoms with Crippen LogP contribution in [0.1, 0.15) is 16.7 Å². The lowest BCUT2D eigenvalue weighted by Crippen LogP contribution is -2.06. The molecule has 100 valence electrons. The van der Waals surface area contributed by atoms with Crippen LogP contribution in [0.25, 0.3) is 0 Å². The Hall–Kier alpha value is -2.00. The number of aryl methyl sites for hydroxylation is 1. The maximum absolute atomic E-state index is 9.25. The van der Waals surface area contributed by atoms with E-state index in [0.717, 1.165) is 28.9 Å². The molecule has 0 heterocycles. The number of aromatic hydroxyl groups is 1. The zero-order valence-electron chi connectivity index (χ0n) is 11.1. The molecule has 3 heteroatoms. The smallest absolute Gasteiger partial charge is 0.125 e. The molecule has 3 N–H and O–H groups in total. The fourth-order valence-corrected chi connectivity index (χ4v) is 2.02. The van der Waals surface area contributed by atoms with Gasteiger partial charge in [-0.05, 0) is 48.7 Å². The largest absolute Gasteiger partial charge is 0.508 e. The Balaban J connectivity index is 2.12. The van der Waals surface area contributed by atoms with Gasteiger partial charge in [0.2, 0.25) is 0 Å². The lowest BCUT2D eigenvalue weighted by Gasteiger charge is -2.14. The maximum Gasteiger partial charge on any atom is 0.125 e. The van der Waals surface area contributed by atoms with Crippen LogP contribution in [0, 0.1) is 6.92 Å². The summed E-state index contributed by atoms with van der Waals surface area (Å²) in [5.74, 6) is 1.18. The summed E-state index contributed by atoms with van der Waals surface area (Å²) >= 11 is 0. The third-order valence-electron chi connectivity index (χ3n) is 3.03. The van der Waals surface area contributed by atoms with E-state index in [-0.39, 0.29) is 5.75 Å². The summed E-state index contributed by atoms with van der Waals surface area (Å²) in [6, 6.07) is 13.1. The normalized spacial score (nSPS) is 10.4. The summed E-state index contributed by atoms with van der Waals surface area (Å²) in [5.41, 5.74) is 8.90. The van der Waals surface area contributed by atoms with E-state index in [2.05, 4.69) is 0 Å². The van der Waals surface area contributed by atoms with Crippen LogP contribution in [0.4, 0.5) is 0 Å². The highest BCUT2D eigenvalue weighted by atomic mass is 16.5. The summed E-state index contributed by atoms with van der Waals surface area (Å²) in [6.07, 6.45) is 0.812. The van der Waals surface area contributed by atoms with Crippen LogP contribution in [-0.2, 0) is 13.0 Å². The van der Waals surface area contributed by atoms with Gasteiger partial charge in [-0.1, -0.05) is 30.3 Å². The number of hydrogen-bond donors (Lipinski definition) is 2. The molecule has 0 aliphatic rings. The number of benzene rings is 2. The number of phenols is 1. The van der Waals surface area contributed by atoms with Crippen LogP contribution < -0.4 is 10.5 Å². The monoisotopic (exact) mass is 257 g/mol. The van der Waals surface area contributed by atoms with Crippen LogP contribution in [0.5, 0.6) is 11.5 Å². The maximum atomic E-state index is 9.25. The predicted molar refractivity (Wildman–Crippen MR) is 76.4 cm³/mol. The first-order valence-electron chi connectivity index (χ1n) is 6.40. The van der Waals surface area contributed by atoms with Crippen molar-refractivity contribution in [2.45, 2.75) is 20.0 Å². The topological polar surface area (TPSA) is 55.5 Å². The molecular weight excluding hydrogens is 238 g/mol. The molecular formula is C16H19NO2. The molecule has 19 heavy (non-hydrogen) atoms. The van der Waals surface area contributed by atoms with E-state index in [1.165, 1.54) is 0 Å². The minimum Gasteiger partial charge on any atom is -0.508 e. The van der Waals surface area contributed by atoms with Crippen LogP contribution >= 0.6 is 0 Å². The molecule has 0 bridgehead atoms. The molecule has 0 saturated carbocycles. The summed E-state index contributed by atoms with van der Waals surface area (Å²) in [4.78, 5) is 0. The van der Waals surface area contributed by atoms with E-state index in [1.807, 2.05) is 37.3 Å². The Kier molecular flexibility index (Phi) is 4.42. The number of rotatable bonds is 5. The molecule has 0 fully saturated rings. The Morgan fingerprint density at radius 2 is 1.84 bits per heavy atom. The van der Waals surface area contributed by atoms with Crippen molar-refractivity contribution in [2.75, 3.05) is 6.54 Å². The molecule has 0 aliphatic carbocycles. The average Bonchev–Trinajstić information content (AvgIpc) is 2.40. The summed E-state index contributed by atoms with van der Waals surface area (Å²) in [7, 11) is 0. The summed E-state index contributed by atoms with van der Waals surface area (Å²) < 4.78 is 5.91. The van der Waals surface area contributed by atoms with Crippen molar-refractivity contribution in [3.8, 4) is 11.5 Å². The van der Waals surface area contributed by atoms with Crippen molar-refractivity contribution < 1.29 is 9.84 Å². The second-order valence-corrected chi connectivity index (χ2v) is 4.56. The van der Waals surface area contributed by atoms with Gasteiger partial charge in [0.05, 0.1) is 0 Å². The van der Waals surface area contributed by atoms with Gasteiger partial charge in [0.1, 0.15) is 18.1 Å². The number of phenolic OH excluding ortho intramolecular Hbond substituents is 1. The minimum absolute atomic E-state index is 0.267. The highest BCUT2D eigenvalue weighted by molar-refractivity contribution is 5.41. The van der Waals surface area contributed by atoms with Gasteiger partial charge in [-0.3, -0.25) is 0 Å². The van der Waals surface area contributed by atoms with Gasteiger partial charge in [0, 0.05) is 0 Å². The summed E-state index contributed by atoms with van der Waals surface area (Å²) in [6.45, 7) is 3.13. The van der Waals surface area contributed by atoms with Crippen molar-refractivity contribution >= 4 is 0 Å². The quantitative estimate of drug-likeness (QED) is 0.866. The predicted octanol–water partition coefficient (Wildman–Crippen LogP) is 2.78. The molecule has 2 rings (SSSR count). The third kappa shape index (κ3) is 3.48. The van der Waals surface area contributed by atoms with Gasteiger partial charge in [-0.2, -0.15) is 0 Å². The first-order valence-corrected chi connectivity index (χ1v) is 6.40. The zero-order valence-corrected chi connectivity index (χ0v) is 11.1. The minimum atomic E-state index is 0.267. The molecule has 0 atom stereocenters. The van der Waals surface area contributed by atoms with Gasteiger partial charge >= 0.3 is 0 Å². The second-order valence-electron chi connectivity index (χ2n) is 4.56.